The van der Waals surface area contributed by atoms with E-state index in [1.807, 2.05) is 0 Å². The first-order valence-corrected chi connectivity index (χ1v) is 7.63. The number of methoxy groups -OCH3 is 1. The second kappa shape index (κ2) is 6.42. The molecule has 0 aliphatic heterocycles. The molecule has 1 aromatic rings. The SMILES string of the molecule is COc1ccc(S(=O)(=O)NCC(C)(C)CO)cc1C(=O)O. The van der Waals surface area contributed by atoms with Crippen LogP contribution in [-0.2, 0) is 10.0 Å². The molecule has 3 N–H and O–H groups in total. The molecule has 0 heterocycles. The first-order chi connectivity index (χ1) is 9.63. The fourth-order valence-electron chi connectivity index (χ4n) is 1.45. The Labute approximate surface area is 123 Å². The van der Waals surface area contributed by atoms with E-state index in [4.69, 9.17) is 14.9 Å². The van der Waals surface area contributed by atoms with Crippen molar-refractivity contribution in [1.82, 2.24) is 4.72 Å². The average Bonchev–Trinajstić information content (AvgIpc) is 2.44. The highest BCUT2D eigenvalue weighted by molar-refractivity contribution is 7.89. The van der Waals surface area contributed by atoms with Crippen molar-refractivity contribution >= 4 is 16.0 Å². The van der Waals surface area contributed by atoms with Gasteiger partial charge in [0.1, 0.15) is 11.3 Å². The summed E-state index contributed by atoms with van der Waals surface area (Å²) in [6.45, 7) is 3.25. The quantitative estimate of drug-likeness (QED) is 0.682. The zero-order valence-electron chi connectivity index (χ0n) is 12.1. The predicted molar refractivity (Wildman–Crippen MR) is 76.0 cm³/mol. The summed E-state index contributed by atoms with van der Waals surface area (Å²) < 4.78 is 31.5. The molecular weight excluding hydrogens is 298 g/mol. The maximum Gasteiger partial charge on any atom is 0.339 e. The first kappa shape index (κ1) is 17.4. The van der Waals surface area contributed by atoms with Crippen LogP contribution in [0.25, 0.3) is 0 Å². The third-order valence-electron chi connectivity index (χ3n) is 2.88. The number of aliphatic hydroxyl groups excluding tert-OH is 1. The number of carboxylic acid groups (broad SMARTS) is 1. The number of ether oxygens (including phenoxy) is 1. The van der Waals surface area contributed by atoms with E-state index in [-0.39, 0.29) is 29.4 Å². The lowest BCUT2D eigenvalue weighted by molar-refractivity contribution is 0.0693. The fraction of sp³-hybridized carbons (Fsp3) is 0.462. The minimum absolute atomic E-state index is 0.0280. The van der Waals surface area contributed by atoms with E-state index in [0.717, 1.165) is 6.07 Å². The zero-order valence-corrected chi connectivity index (χ0v) is 12.9. The van der Waals surface area contributed by atoms with E-state index in [1.54, 1.807) is 13.8 Å². The predicted octanol–water partition coefficient (Wildman–Crippen LogP) is 0.690. The summed E-state index contributed by atoms with van der Waals surface area (Å²) in [5.41, 5.74) is -0.850. The highest BCUT2D eigenvalue weighted by Gasteiger charge is 2.23. The second-order valence-electron chi connectivity index (χ2n) is 5.31. The van der Waals surface area contributed by atoms with Crippen molar-refractivity contribution in [2.75, 3.05) is 20.3 Å². The molecule has 0 radical (unpaired) electrons. The summed E-state index contributed by atoms with van der Waals surface area (Å²) in [5, 5.41) is 18.2. The minimum atomic E-state index is -3.86. The molecule has 0 aromatic heterocycles. The number of nitrogens with one attached hydrogen (secondary N) is 1. The van der Waals surface area contributed by atoms with Gasteiger partial charge in [0.15, 0.2) is 0 Å². The first-order valence-electron chi connectivity index (χ1n) is 6.15. The van der Waals surface area contributed by atoms with Gasteiger partial charge in [-0.2, -0.15) is 0 Å². The third kappa shape index (κ3) is 4.42. The number of hydrogen-bond acceptors (Lipinski definition) is 5. The Morgan fingerprint density at radius 2 is 2.00 bits per heavy atom. The molecule has 118 valence electrons. The van der Waals surface area contributed by atoms with Gasteiger partial charge in [0.05, 0.1) is 12.0 Å². The molecular formula is C13H19NO6S. The van der Waals surface area contributed by atoms with E-state index in [9.17, 15) is 13.2 Å². The standard InChI is InChI=1S/C13H19NO6S/c1-13(2,8-15)7-14-21(18,19)9-4-5-11(20-3)10(6-9)12(16)17/h4-6,14-15H,7-8H2,1-3H3,(H,16,17). The number of sulfonamides is 1. The summed E-state index contributed by atoms with van der Waals surface area (Å²) in [6, 6.07) is 3.59. The van der Waals surface area contributed by atoms with Crippen LogP contribution in [0.15, 0.2) is 23.1 Å². The van der Waals surface area contributed by atoms with Gasteiger partial charge in [-0.1, -0.05) is 13.8 Å². The number of benzene rings is 1. The van der Waals surface area contributed by atoms with Gasteiger partial charge < -0.3 is 14.9 Å². The number of aromatic carboxylic acids is 1. The Morgan fingerprint density at radius 1 is 1.38 bits per heavy atom. The smallest absolute Gasteiger partial charge is 0.339 e. The van der Waals surface area contributed by atoms with Gasteiger partial charge in [-0.15, -0.1) is 0 Å². The van der Waals surface area contributed by atoms with Crippen LogP contribution < -0.4 is 9.46 Å². The van der Waals surface area contributed by atoms with E-state index in [1.165, 1.54) is 19.2 Å². The molecule has 7 nitrogen and oxygen atoms in total. The molecule has 0 saturated carbocycles. The number of hydrogen-bond donors (Lipinski definition) is 3. The van der Waals surface area contributed by atoms with Crippen molar-refractivity contribution < 1.29 is 28.2 Å². The average molecular weight is 317 g/mol. The Kier molecular flexibility index (Phi) is 5.32. The summed E-state index contributed by atoms with van der Waals surface area (Å²) in [6.07, 6.45) is 0. The fourth-order valence-corrected chi connectivity index (χ4v) is 2.72. The van der Waals surface area contributed by atoms with E-state index in [0.29, 0.717) is 0 Å². The molecule has 0 amide bonds. The van der Waals surface area contributed by atoms with Gasteiger partial charge in [0.25, 0.3) is 0 Å². The Morgan fingerprint density at radius 3 is 2.48 bits per heavy atom. The van der Waals surface area contributed by atoms with Crippen molar-refractivity contribution in [2.45, 2.75) is 18.7 Å². The number of rotatable bonds is 7. The Balaban J connectivity index is 3.09. The van der Waals surface area contributed by atoms with E-state index < -0.39 is 21.4 Å². The zero-order chi connectivity index (χ0) is 16.3. The molecule has 1 rings (SSSR count). The lowest BCUT2D eigenvalue weighted by Crippen LogP contribution is -2.36. The summed E-state index contributed by atoms with van der Waals surface area (Å²) >= 11 is 0. The molecule has 0 aliphatic carbocycles. The van der Waals surface area contributed by atoms with Crippen molar-refractivity contribution in [3.63, 3.8) is 0 Å². The van der Waals surface area contributed by atoms with Gasteiger partial charge in [-0.3, -0.25) is 0 Å². The van der Waals surface area contributed by atoms with Gasteiger partial charge in [-0.05, 0) is 18.2 Å². The van der Waals surface area contributed by atoms with Crippen LogP contribution >= 0.6 is 0 Å². The van der Waals surface area contributed by atoms with E-state index in [2.05, 4.69) is 4.72 Å². The topological polar surface area (TPSA) is 113 Å². The molecule has 0 bridgehead atoms. The van der Waals surface area contributed by atoms with Crippen molar-refractivity contribution in [3.05, 3.63) is 23.8 Å². The Hall–Kier alpha value is -1.64. The normalized spacial score (nSPS) is 12.2. The number of aliphatic hydroxyl groups is 1. The highest BCUT2D eigenvalue weighted by Crippen LogP contribution is 2.23. The van der Waals surface area contributed by atoms with Crippen LogP contribution in [-0.4, -0.2) is 44.9 Å². The maximum atomic E-state index is 12.1. The molecule has 0 spiro atoms. The van der Waals surface area contributed by atoms with Gasteiger partial charge >= 0.3 is 5.97 Å². The number of carboxylic acids is 1. The molecule has 8 heteroatoms. The van der Waals surface area contributed by atoms with Gasteiger partial charge in [0.2, 0.25) is 10.0 Å². The molecule has 0 fully saturated rings. The van der Waals surface area contributed by atoms with Crippen LogP contribution in [0.1, 0.15) is 24.2 Å². The molecule has 1 aromatic carbocycles. The second-order valence-corrected chi connectivity index (χ2v) is 7.08. The van der Waals surface area contributed by atoms with Gasteiger partial charge in [0, 0.05) is 18.6 Å². The number of carbonyl (C=O) groups is 1. The van der Waals surface area contributed by atoms with Crippen LogP contribution in [0.4, 0.5) is 0 Å². The largest absolute Gasteiger partial charge is 0.496 e. The lowest BCUT2D eigenvalue weighted by Gasteiger charge is -2.21. The molecule has 0 unspecified atom stereocenters. The van der Waals surface area contributed by atoms with Crippen LogP contribution in [0.5, 0.6) is 5.75 Å². The van der Waals surface area contributed by atoms with Crippen molar-refractivity contribution in [2.24, 2.45) is 5.41 Å². The summed E-state index contributed by atoms with van der Waals surface area (Å²) in [4.78, 5) is 10.9. The lowest BCUT2D eigenvalue weighted by atomic mass is 9.96. The monoisotopic (exact) mass is 317 g/mol. The van der Waals surface area contributed by atoms with Crippen LogP contribution in [0.3, 0.4) is 0 Å². The highest BCUT2D eigenvalue weighted by atomic mass is 32.2. The third-order valence-corrected chi connectivity index (χ3v) is 4.28. The maximum absolute atomic E-state index is 12.1. The van der Waals surface area contributed by atoms with Crippen molar-refractivity contribution in [3.8, 4) is 5.75 Å². The van der Waals surface area contributed by atoms with Gasteiger partial charge in [-0.25, -0.2) is 17.9 Å². The molecule has 0 aliphatic rings. The van der Waals surface area contributed by atoms with E-state index >= 15 is 0 Å². The summed E-state index contributed by atoms with van der Waals surface area (Å²) in [7, 11) is -2.56. The summed E-state index contributed by atoms with van der Waals surface area (Å²) in [5.74, 6) is -1.20. The molecule has 0 atom stereocenters. The molecule has 21 heavy (non-hydrogen) atoms. The molecule has 0 saturated heterocycles. The van der Waals surface area contributed by atoms with Crippen LogP contribution in [0, 0.1) is 5.41 Å². The minimum Gasteiger partial charge on any atom is -0.496 e. The van der Waals surface area contributed by atoms with Crippen molar-refractivity contribution in [1.29, 1.82) is 0 Å². The Bertz CT molecular complexity index is 624. The van der Waals surface area contributed by atoms with Crippen LogP contribution in [0.2, 0.25) is 0 Å².